The van der Waals surface area contributed by atoms with Gasteiger partial charge in [-0.3, -0.25) is 4.72 Å². The van der Waals surface area contributed by atoms with E-state index in [0.29, 0.717) is 11.4 Å². The van der Waals surface area contributed by atoms with Gasteiger partial charge < -0.3 is 0 Å². The van der Waals surface area contributed by atoms with Gasteiger partial charge in [0, 0.05) is 0 Å². The van der Waals surface area contributed by atoms with E-state index in [0.717, 1.165) is 11.8 Å². The molecule has 1 N–H and O–H groups in total. The van der Waals surface area contributed by atoms with Gasteiger partial charge in [0.25, 0.3) is 0 Å². The maximum absolute atomic E-state index is 11.0. The van der Waals surface area contributed by atoms with Crippen molar-refractivity contribution in [2.24, 2.45) is 4.99 Å². The fraction of sp³-hybridized carbons (Fsp3) is 0.222. The van der Waals surface area contributed by atoms with Crippen molar-refractivity contribution >= 4 is 27.5 Å². The molecule has 0 spiro atoms. The summed E-state index contributed by atoms with van der Waals surface area (Å²) in [5, 5.41) is 0. The summed E-state index contributed by atoms with van der Waals surface area (Å²) in [4.78, 5) is 13.4. The fourth-order valence-electron chi connectivity index (χ4n) is 1.04. The highest BCUT2D eigenvalue weighted by atomic mass is 32.2. The molecule has 6 heteroatoms. The Morgan fingerprint density at radius 1 is 1.40 bits per heavy atom. The lowest BCUT2D eigenvalue weighted by atomic mass is 10.2. The number of hydrogen-bond donors (Lipinski definition) is 1. The van der Waals surface area contributed by atoms with Gasteiger partial charge in [0.15, 0.2) is 0 Å². The number of benzene rings is 1. The minimum atomic E-state index is -3.32. The summed E-state index contributed by atoms with van der Waals surface area (Å²) >= 11 is 0. The lowest BCUT2D eigenvalue weighted by Gasteiger charge is -2.07. The number of rotatable bonds is 3. The van der Waals surface area contributed by atoms with E-state index in [2.05, 4.69) is 9.71 Å². The van der Waals surface area contributed by atoms with Crippen LogP contribution < -0.4 is 4.72 Å². The quantitative estimate of drug-likeness (QED) is 0.624. The first-order valence-corrected chi connectivity index (χ1v) is 5.98. The first-order chi connectivity index (χ1) is 6.92. The van der Waals surface area contributed by atoms with Crippen LogP contribution in [-0.4, -0.2) is 20.8 Å². The van der Waals surface area contributed by atoms with E-state index in [-0.39, 0.29) is 0 Å². The largest absolute Gasteiger partial charge is 0.283 e. The number of aliphatic imine (C=N–C) groups is 1. The molecule has 1 aromatic carbocycles. The predicted molar refractivity (Wildman–Crippen MR) is 57.4 cm³/mol. The van der Waals surface area contributed by atoms with E-state index in [1.54, 1.807) is 19.1 Å². The maximum atomic E-state index is 11.0. The average molecular weight is 226 g/mol. The van der Waals surface area contributed by atoms with Crippen molar-refractivity contribution in [2.75, 3.05) is 11.0 Å². The summed E-state index contributed by atoms with van der Waals surface area (Å²) in [5.74, 6) is 0. The Labute approximate surface area is 87.9 Å². The highest BCUT2D eigenvalue weighted by Crippen LogP contribution is 2.22. The minimum absolute atomic E-state index is 0.363. The van der Waals surface area contributed by atoms with Gasteiger partial charge in [0.05, 0.1) is 17.6 Å². The number of carbonyl (C=O) groups excluding carboxylic acids is 1. The molecule has 0 radical (unpaired) electrons. The van der Waals surface area contributed by atoms with Gasteiger partial charge in [-0.1, -0.05) is 6.07 Å². The van der Waals surface area contributed by atoms with Gasteiger partial charge in [-0.05, 0) is 24.6 Å². The molecule has 5 nitrogen and oxygen atoms in total. The third kappa shape index (κ3) is 3.53. The first-order valence-electron chi connectivity index (χ1n) is 4.09. The molecule has 15 heavy (non-hydrogen) atoms. The molecule has 0 aliphatic heterocycles. The SMILES string of the molecule is Cc1ccc(N=C=O)cc1NS(C)(=O)=O. The first kappa shape index (κ1) is 11.4. The van der Waals surface area contributed by atoms with Crippen LogP contribution in [0.25, 0.3) is 0 Å². The Hall–Kier alpha value is -1.65. The van der Waals surface area contributed by atoms with E-state index >= 15 is 0 Å². The van der Waals surface area contributed by atoms with E-state index in [9.17, 15) is 13.2 Å². The Morgan fingerprint density at radius 2 is 2.07 bits per heavy atom. The Bertz CT molecular complexity index is 516. The molecule has 0 saturated heterocycles. The van der Waals surface area contributed by atoms with Crippen LogP contribution in [0.3, 0.4) is 0 Å². The highest BCUT2D eigenvalue weighted by molar-refractivity contribution is 7.92. The van der Waals surface area contributed by atoms with Crippen molar-refractivity contribution in [2.45, 2.75) is 6.92 Å². The molecule has 0 fully saturated rings. The monoisotopic (exact) mass is 226 g/mol. The summed E-state index contributed by atoms with van der Waals surface area (Å²) in [5.41, 5.74) is 1.53. The van der Waals surface area contributed by atoms with Gasteiger partial charge in [-0.25, -0.2) is 13.2 Å². The third-order valence-corrected chi connectivity index (χ3v) is 2.28. The average Bonchev–Trinajstić information content (AvgIpc) is 2.09. The van der Waals surface area contributed by atoms with Crippen LogP contribution in [0.2, 0.25) is 0 Å². The summed E-state index contributed by atoms with van der Waals surface area (Å²) < 4.78 is 24.3. The number of nitrogens with one attached hydrogen (secondary N) is 1. The van der Waals surface area contributed by atoms with Gasteiger partial charge in [0.1, 0.15) is 0 Å². The maximum Gasteiger partial charge on any atom is 0.240 e. The number of anilines is 1. The molecular formula is C9H10N2O3S. The van der Waals surface area contributed by atoms with Crippen LogP contribution in [0.15, 0.2) is 23.2 Å². The molecule has 0 aliphatic rings. The van der Waals surface area contributed by atoms with Gasteiger partial charge >= 0.3 is 0 Å². The normalized spacial score (nSPS) is 10.5. The Kier molecular flexibility index (Phi) is 3.24. The standard InChI is InChI=1S/C9H10N2O3S/c1-7-3-4-8(10-6-12)5-9(7)11-15(2,13)14/h3-5,11H,1-2H3. The predicted octanol–water partition coefficient (Wildman–Crippen LogP) is 1.33. The van der Waals surface area contributed by atoms with Crippen LogP contribution in [0, 0.1) is 6.92 Å². The van der Waals surface area contributed by atoms with E-state index < -0.39 is 10.0 Å². The lowest BCUT2D eigenvalue weighted by Crippen LogP contribution is -2.10. The van der Waals surface area contributed by atoms with Crippen LogP contribution in [0.4, 0.5) is 11.4 Å². The zero-order valence-corrected chi connectivity index (χ0v) is 9.13. The van der Waals surface area contributed by atoms with Gasteiger partial charge in [-0.2, -0.15) is 4.99 Å². The van der Waals surface area contributed by atoms with Crippen LogP contribution in [0.5, 0.6) is 0 Å². The second kappa shape index (κ2) is 4.25. The van der Waals surface area contributed by atoms with Crippen molar-refractivity contribution in [3.63, 3.8) is 0 Å². The summed E-state index contributed by atoms with van der Waals surface area (Å²) in [6.07, 6.45) is 2.45. The van der Waals surface area contributed by atoms with E-state index in [1.165, 1.54) is 12.1 Å². The zero-order chi connectivity index (χ0) is 11.5. The fourth-order valence-corrected chi connectivity index (χ4v) is 1.66. The zero-order valence-electron chi connectivity index (χ0n) is 8.31. The molecule has 0 aromatic heterocycles. The Balaban J connectivity index is 3.16. The second-order valence-corrected chi connectivity index (χ2v) is 4.82. The van der Waals surface area contributed by atoms with Crippen LogP contribution in [-0.2, 0) is 14.8 Å². The third-order valence-electron chi connectivity index (χ3n) is 1.69. The molecule has 1 rings (SSSR count). The summed E-state index contributed by atoms with van der Waals surface area (Å²) in [7, 11) is -3.32. The summed E-state index contributed by atoms with van der Waals surface area (Å²) in [6, 6.07) is 4.75. The van der Waals surface area contributed by atoms with Crippen LogP contribution >= 0.6 is 0 Å². The molecule has 80 valence electrons. The molecule has 1 aromatic rings. The van der Waals surface area contributed by atoms with Crippen molar-refractivity contribution in [1.82, 2.24) is 0 Å². The topological polar surface area (TPSA) is 75.6 Å². The number of hydrogen-bond acceptors (Lipinski definition) is 4. The van der Waals surface area contributed by atoms with E-state index in [4.69, 9.17) is 0 Å². The minimum Gasteiger partial charge on any atom is -0.283 e. The lowest BCUT2D eigenvalue weighted by molar-refractivity contribution is 0.565. The molecule has 0 amide bonds. The van der Waals surface area contributed by atoms with Gasteiger partial charge in [-0.15, -0.1) is 0 Å². The number of nitrogens with zero attached hydrogens (tertiary/aromatic N) is 1. The highest BCUT2D eigenvalue weighted by Gasteiger charge is 2.05. The molecule has 0 atom stereocenters. The molecule has 0 saturated carbocycles. The van der Waals surface area contributed by atoms with E-state index in [1.807, 2.05) is 0 Å². The molecule has 0 unspecified atom stereocenters. The van der Waals surface area contributed by atoms with Crippen molar-refractivity contribution in [3.8, 4) is 0 Å². The molecular weight excluding hydrogens is 216 g/mol. The smallest absolute Gasteiger partial charge is 0.240 e. The van der Waals surface area contributed by atoms with Gasteiger partial charge in [0.2, 0.25) is 16.1 Å². The number of isocyanates is 1. The number of aryl methyl sites for hydroxylation is 1. The summed E-state index contributed by atoms with van der Waals surface area (Å²) in [6.45, 7) is 1.75. The number of sulfonamides is 1. The molecule has 0 bridgehead atoms. The molecule has 0 aliphatic carbocycles. The van der Waals surface area contributed by atoms with Crippen molar-refractivity contribution in [3.05, 3.63) is 23.8 Å². The molecule has 0 heterocycles. The van der Waals surface area contributed by atoms with Crippen molar-refractivity contribution < 1.29 is 13.2 Å². The Morgan fingerprint density at radius 3 is 2.60 bits per heavy atom. The second-order valence-electron chi connectivity index (χ2n) is 3.08. The van der Waals surface area contributed by atoms with Crippen molar-refractivity contribution in [1.29, 1.82) is 0 Å². The van der Waals surface area contributed by atoms with Crippen LogP contribution in [0.1, 0.15) is 5.56 Å².